The Balaban J connectivity index is 4.42. The van der Waals surface area contributed by atoms with Crippen LogP contribution in [-0.2, 0) is 23.8 Å². The van der Waals surface area contributed by atoms with E-state index in [4.69, 9.17) is 14.2 Å². The molecular formula is C55H92O5. The van der Waals surface area contributed by atoms with Gasteiger partial charge in [-0.1, -0.05) is 208 Å². The maximum absolute atomic E-state index is 12.8. The molecule has 0 aliphatic heterocycles. The van der Waals surface area contributed by atoms with Gasteiger partial charge in [-0.15, -0.1) is 0 Å². The molecule has 0 bridgehead atoms. The largest absolute Gasteiger partial charge is 0.462 e. The van der Waals surface area contributed by atoms with Crippen molar-refractivity contribution >= 4 is 11.9 Å². The number of unbranched alkanes of at least 4 members (excludes halogenated alkanes) is 17. The van der Waals surface area contributed by atoms with Crippen LogP contribution in [0.1, 0.15) is 213 Å². The molecule has 5 nitrogen and oxygen atoms in total. The summed E-state index contributed by atoms with van der Waals surface area (Å²) in [6.45, 7) is 7.42. The van der Waals surface area contributed by atoms with Crippen LogP contribution < -0.4 is 0 Å². The molecule has 0 aromatic carbocycles. The van der Waals surface area contributed by atoms with Gasteiger partial charge in [-0.2, -0.15) is 0 Å². The lowest BCUT2D eigenvalue weighted by atomic mass is 10.0. The number of hydrogen-bond acceptors (Lipinski definition) is 5. The molecule has 0 rings (SSSR count). The quantitative estimate of drug-likeness (QED) is 0.0348. The fourth-order valence-corrected chi connectivity index (χ4v) is 6.50. The van der Waals surface area contributed by atoms with Crippen molar-refractivity contribution < 1.29 is 23.8 Å². The second-order valence-electron chi connectivity index (χ2n) is 16.0. The van der Waals surface area contributed by atoms with Crippen molar-refractivity contribution in [3.63, 3.8) is 0 Å². The topological polar surface area (TPSA) is 61.8 Å². The minimum Gasteiger partial charge on any atom is -0.462 e. The van der Waals surface area contributed by atoms with Crippen LogP contribution in [0.4, 0.5) is 0 Å². The van der Waals surface area contributed by atoms with Crippen molar-refractivity contribution in [1.29, 1.82) is 0 Å². The van der Waals surface area contributed by atoms with Gasteiger partial charge < -0.3 is 14.2 Å². The highest BCUT2D eigenvalue weighted by Crippen LogP contribution is 2.14. The number of allylic oxidation sites excluding steroid dienone is 16. The lowest BCUT2D eigenvalue weighted by Crippen LogP contribution is -2.30. The molecule has 0 aliphatic carbocycles. The smallest absolute Gasteiger partial charge is 0.306 e. The van der Waals surface area contributed by atoms with E-state index in [1.54, 1.807) is 0 Å². The average molecular weight is 833 g/mol. The highest BCUT2D eigenvalue weighted by Gasteiger charge is 2.17. The van der Waals surface area contributed by atoms with E-state index >= 15 is 0 Å². The maximum Gasteiger partial charge on any atom is 0.306 e. The normalized spacial score (nSPS) is 13.1. The zero-order valence-corrected chi connectivity index (χ0v) is 39.2. The summed E-state index contributed by atoms with van der Waals surface area (Å²) in [6.07, 6.45) is 67.1. The first-order chi connectivity index (χ1) is 29.6. The Labute approximate surface area is 371 Å². The first-order valence-corrected chi connectivity index (χ1v) is 24.8. The summed E-state index contributed by atoms with van der Waals surface area (Å²) in [7, 11) is 0. The number of carbonyl (C=O) groups excluding carboxylic acids is 2. The third kappa shape index (κ3) is 47.5. The number of esters is 2. The molecule has 1 atom stereocenters. The number of rotatable bonds is 44. The predicted octanol–water partition coefficient (Wildman–Crippen LogP) is 16.7. The summed E-state index contributed by atoms with van der Waals surface area (Å²) in [4.78, 5) is 25.3. The van der Waals surface area contributed by atoms with Crippen LogP contribution in [0.3, 0.4) is 0 Å². The summed E-state index contributed by atoms with van der Waals surface area (Å²) in [5.41, 5.74) is 0. The lowest BCUT2D eigenvalue weighted by Gasteiger charge is -2.18. The minimum absolute atomic E-state index is 0.0389. The van der Waals surface area contributed by atoms with E-state index in [1.165, 1.54) is 77.0 Å². The van der Waals surface area contributed by atoms with E-state index in [0.717, 1.165) is 103 Å². The molecule has 0 amide bonds. The lowest BCUT2D eigenvalue weighted by molar-refractivity contribution is -0.163. The third-order valence-electron chi connectivity index (χ3n) is 10.1. The fraction of sp³-hybridized carbons (Fsp3) is 0.673. The van der Waals surface area contributed by atoms with E-state index in [-0.39, 0.29) is 25.2 Å². The van der Waals surface area contributed by atoms with Gasteiger partial charge in [0.25, 0.3) is 0 Å². The van der Waals surface area contributed by atoms with Gasteiger partial charge in [0.2, 0.25) is 0 Å². The van der Waals surface area contributed by atoms with Crippen molar-refractivity contribution in [2.24, 2.45) is 0 Å². The van der Waals surface area contributed by atoms with Crippen molar-refractivity contribution in [3.05, 3.63) is 97.2 Å². The van der Waals surface area contributed by atoms with Gasteiger partial charge in [0.05, 0.1) is 6.61 Å². The van der Waals surface area contributed by atoms with Crippen LogP contribution in [0, 0.1) is 0 Å². The average Bonchev–Trinajstić information content (AvgIpc) is 3.25. The first kappa shape index (κ1) is 56.8. The Hall–Kier alpha value is -3.18. The Morgan fingerprint density at radius 3 is 1.20 bits per heavy atom. The molecule has 60 heavy (non-hydrogen) atoms. The first-order valence-electron chi connectivity index (χ1n) is 24.8. The van der Waals surface area contributed by atoms with Gasteiger partial charge in [0, 0.05) is 19.4 Å². The molecule has 0 aromatic rings. The van der Waals surface area contributed by atoms with Crippen molar-refractivity contribution in [3.8, 4) is 0 Å². The number of ether oxygens (including phenoxy) is 3. The summed E-state index contributed by atoms with van der Waals surface area (Å²) in [6, 6.07) is 0. The number of hydrogen-bond donors (Lipinski definition) is 0. The van der Waals surface area contributed by atoms with Crippen molar-refractivity contribution in [2.75, 3.05) is 19.8 Å². The van der Waals surface area contributed by atoms with E-state index in [0.29, 0.717) is 19.4 Å². The fourth-order valence-electron chi connectivity index (χ4n) is 6.50. The van der Waals surface area contributed by atoms with Gasteiger partial charge in [-0.3, -0.25) is 9.59 Å². The van der Waals surface area contributed by atoms with E-state index in [2.05, 4.69) is 118 Å². The highest BCUT2D eigenvalue weighted by molar-refractivity contribution is 5.70. The zero-order chi connectivity index (χ0) is 43.5. The summed E-state index contributed by atoms with van der Waals surface area (Å²) >= 11 is 0. The van der Waals surface area contributed by atoms with Gasteiger partial charge in [0.15, 0.2) is 6.10 Å². The van der Waals surface area contributed by atoms with Crippen LogP contribution in [0.15, 0.2) is 97.2 Å². The highest BCUT2D eigenvalue weighted by atomic mass is 16.6. The SMILES string of the molecule is CC/C=C\C/C=C\C/C=C\C/C=C\CCCCC(=O)OCC(COCCC/C=C\C/C=C\C/C=C\C/C=C\CC)OC(=O)CCCCCCCCCCCCCCCCC. The Morgan fingerprint density at radius 1 is 0.383 bits per heavy atom. The molecule has 0 saturated heterocycles. The second kappa shape index (κ2) is 50.2. The monoisotopic (exact) mass is 833 g/mol. The molecule has 0 fully saturated rings. The summed E-state index contributed by atoms with van der Waals surface area (Å²) < 4.78 is 17.3. The molecule has 5 heteroatoms. The molecule has 0 N–H and O–H groups in total. The molecule has 0 spiro atoms. The van der Waals surface area contributed by atoms with E-state index < -0.39 is 6.10 Å². The molecule has 342 valence electrons. The Bertz CT molecular complexity index is 1170. The van der Waals surface area contributed by atoms with E-state index in [9.17, 15) is 9.59 Å². The number of carbonyl (C=O) groups is 2. The molecule has 1 unspecified atom stereocenters. The molecular weight excluding hydrogens is 741 g/mol. The second-order valence-corrected chi connectivity index (χ2v) is 16.0. The maximum atomic E-state index is 12.8. The van der Waals surface area contributed by atoms with Gasteiger partial charge in [-0.25, -0.2) is 0 Å². The van der Waals surface area contributed by atoms with Crippen LogP contribution in [0.25, 0.3) is 0 Å². The van der Waals surface area contributed by atoms with Gasteiger partial charge >= 0.3 is 11.9 Å². The standard InChI is InChI=1S/C55H92O5/c1-4-7-10-13-16-19-22-25-28-30-33-36-39-42-45-48-54(56)59-52-53(51-58-50-47-44-41-38-35-32-27-24-21-18-15-12-9-6-3)60-55(57)49-46-43-40-37-34-31-29-26-23-20-17-14-11-8-5-2/h7,9-10,12,16,18-19,21,25,27-28,32-33,36,38,41,53H,4-6,8,11,13-15,17,20,22-24,26,29-31,34-35,37,39-40,42-52H2,1-3H3/b10-7-,12-9-,19-16-,21-18-,28-25-,32-27-,36-33-,41-38-. The molecule has 0 saturated carbocycles. The van der Waals surface area contributed by atoms with Crippen molar-refractivity contribution in [2.45, 2.75) is 219 Å². The molecule has 0 heterocycles. The molecule has 0 radical (unpaired) electrons. The van der Waals surface area contributed by atoms with Crippen LogP contribution in [0.5, 0.6) is 0 Å². The predicted molar refractivity (Wildman–Crippen MR) is 260 cm³/mol. The van der Waals surface area contributed by atoms with Crippen molar-refractivity contribution in [1.82, 2.24) is 0 Å². The minimum atomic E-state index is -0.584. The summed E-state index contributed by atoms with van der Waals surface area (Å²) in [5, 5.41) is 0. The van der Waals surface area contributed by atoms with Crippen LogP contribution >= 0.6 is 0 Å². The molecule has 0 aromatic heterocycles. The van der Waals surface area contributed by atoms with Gasteiger partial charge in [-0.05, 0) is 89.9 Å². The summed E-state index contributed by atoms with van der Waals surface area (Å²) in [5.74, 6) is -0.477. The van der Waals surface area contributed by atoms with Crippen LogP contribution in [0.2, 0.25) is 0 Å². The van der Waals surface area contributed by atoms with E-state index in [1.807, 2.05) is 0 Å². The Kier molecular flexibility index (Phi) is 47.5. The molecule has 0 aliphatic rings. The van der Waals surface area contributed by atoms with Crippen LogP contribution in [-0.4, -0.2) is 37.9 Å². The third-order valence-corrected chi connectivity index (χ3v) is 10.1. The zero-order valence-electron chi connectivity index (χ0n) is 39.2. The Morgan fingerprint density at radius 2 is 0.750 bits per heavy atom. The van der Waals surface area contributed by atoms with Gasteiger partial charge in [0.1, 0.15) is 6.61 Å².